The fraction of sp³-hybridized carbons (Fsp3) is 0.300. The minimum Gasteiger partial charge on any atom is -0.458 e. The molecule has 0 bridgehead atoms. The Morgan fingerprint density at radius 2 is 2.00 bits per heavy atom. The lowest BCUT2D eigenvalue weighted by Crippen LogP contribution is -2.26. The first kappa shape index (κ1) is 8.78. The van der Waals surface area contributed by atoms with Gasteiger partial charge in [0.05, 0.1) is 6.26 Å². The van der Waals surface area contributed by atoms with Gasteiger partial charge >= 0.3 is 0 Å². The van der Waals surface area contributed by atoms with Crippen LogP contribution in [0.15, 0.2) is 35.1 Å². The highest BCUT2D eigenvalue weighted by Gasteiger charge is 2.03. The summed E-state index contributed by atoms with van der Waals surface area (Å²) in [5, 5.41) is 0. The zero-order chi connectivity index (χ0) is 8.97. The van der Waals surface area contributed by atoms with Crippen molar-refractivity contribution in [3.05, 3.63) is 30.7 Å². The van der Waals surface area contributed by atoms with Crippen molar-refractivity contribution < 1.29 is 8.98 Å². The Hall–Kier alpha value is -1.31. The van der Waals surface area contributed by atoms with E-state index in [0.717, 1.165) is 11.1 Å². The summed E-state index contributed by atoms with van der Waals surface area (Å²) in [6.07, 6.45) is 3.70. The summed E-state index contributed by atoms with van der Waals surface area (Å²) in [6.45, 7) is 4.00. The molecule has 0 aliphatic carbocycles. The molecule has 0 radical (unpaired) electrons. The van der Waals surface area contributed by atoms with Crippen LogP contribution in [0.5, 0.6) is 0 Å². The van der Waals surface area contributed by atoms with Crippen molar-refractivity contribution in [2.75, 3.05) is 0 Å². The van der Waals surface area contributed by atoms with Crippen LogP contribution < -0.4 is 4.57 Å². The Labute approximate surface area is 72.4 Å². The number of hydrogen-bond donors (Lipinski definition) is 0. The van der Waals surface area contributed by atoms with Gasteiger partial charge in [0.25, 0.3) is 5.52 Å². The van der Waals surface area contributed by atoms with Gasteiger partial charge in [-0.15, -0.1) is 0 Å². The summed E-state index contributed by atoms with van der Waals surface area (Å²) < 4.78 is 7.20. The van der Waals surface area contributed by atoms with Gasteiger partial charge in [0.1, 0.15) is 7.05 Å². The summed E-state index contributed by atoms with van der Waals surface area (Å²) in [7, 11) is 2.00. The molecular weight excluding hydrogens is 150 g/mol. The van der Waals surface area contributed by atoms with E-state index >= 15 is 0 Å². The minimum atomic E-state index is 0.935. The zero-order valence-electron chi connectivity index (χ0n) is 7.74. The first-order valence-corrected chi connectivity index (χ1v) is 4.20. The standard InChI is InChI=1S/C8H8NO.C2H6/c1-9-5-2-3-8-7(9)4-6-10-8;1-2/h2-6H,1H3;1-2H3/q+1;. The molecule has 0 aliphatic heterocycles. The molecule has 2 heteroatoms. The van der Waals surface area contributed by atoms with E-state index in [4.69, 9.17) is 4.42 Å². The fourth-order valence-corrected chi connectivity index (χ4v) is 1.07. The number of aromatic nitrogens is 1. The molecule has 0 saturated heterocycles. The first-order chi connectivity index (χ1) is 5.88. The average Bonchev–Trinajstić information content (AvgIpc) is 2.57. The van der Waals surface area contributed by atoms with E-state index in [0.29, 0.717) is 0 Å². The second kappa shape index (κ2) is 3.90. The Morgan fingerprint density at radius 3 is 2.67 bits per heavy atom. The maximum absolute atomic E-state index is 5.18. The molecule has 0 aliphatic rings. The number of pyridine rings is 1. The van der Waals surface area contributed by atoms with E-state index in [-0.39, 0.29) is 0 Å². The van der Waals surface area contributed by atoms with Crippen molar-refractivity contribution in [2.45, 2.75) is 13.8 Å². The van der Waals surface area contributed by atoms with Crippen LogP contribution in [0.4, 0.5) is 0 Å². The largest absolute Gasteiger partial charge is 0.458 e. The van der Waals surface area contributed by atoms with Crippen LogP contribution in [0, 0.1) is 0 Å². The van der Waals surface area contributed by atoms with Crippen LogP contribution in [0.3, 0.4) is 0 Å². The molecule has 2 nitrogen and oxygen atoms in total. The molecule has 12 heavy (non-hydrogen) atoms. The summed E-state index contributed by atoms with van der Waals surface area (Å²) in [5.74, 6) is 0. The van der Waals surface area contributed by atoms with Crippen molar-refractivity contribution >= 4 is 11.1 Å². The third-order valence-electron chi connectivity index (χ3n) is 1.61. The second-order valence-electron chi connectivity index (χ2n) is 2.29. The molecule has 2 aromatic rings. The maximum Gasteiger partial charge on any atom is 0.251 e. The Balaban J connectivity index is 0.000000336. The van der Waals surface area contributed by atoms with E-state index in [9.17, 15) is 0 Å². The number of aryl methyl sites for hydroxylation is 1. The molecule has 0 N–H and O–H groups in total. The lowest BCUT2D eigenvalue weighted by atomic mass is 10.4. The third kappa shape index (κ3) is 1.47. The monoisotopic (exact) mass is 164 g/mol. The van der Waals surface area contributed by atoms with E-state index in [2.05, 4.69) is 0 Å². The molecular formula is C10H14NO+. The Bertz CT molecular complexity index is 351. The van der Waals surface area contributed by atoms with Gasteiger partial charge in [0.15, 0.2) is 11.8 Å². The molecule has 0 unspecified atom stereocenters. The number of rotatable bonds is 0. The molecule has 2 rings (SSSR count). The third-order valence-corrected chi connectivity index (χ3v) is 1.61. The highest BCUT2D eigenvalue weighted by atomic mass is 16.3. The van der Waals surface area contributed by atoms with Crippen LogP contribution in [0.1, 0.15) is 13.8 Å². The molecule has 64 valence electrons. The van der Waals surface area contributed by atoms with Gasteiger partial charge in [-0.3, -0.25) is 0 Å². The topological polar surface area (TPSA) is 17.0 Å². The van der Waals surface area contributed by atoms with Crippen LogP contribution in [0.2, 0.25) is 0 Å². The van der Waals surface area contributed by atoms with E-state index in [1.165, 1.54) is 0 Å². The highest BCUT2D eigenvalue weighted by Crippen LogP contribution is 2.08. The van der Waals surface area contributed by atoms with Gasteiger partial charge in [-0.1, -0.05) is 13.8 Å². The second-order valence-corrected chi connectivity index (χ2v) is 2.29. The summed E-state index contributed by atoms with van der Waals surface area (Å²) >= 11 is 0. The summed E-state index contributed by atoms with van der Waals surface area (Å²) in [4.78, 5) is 0. The molecule has 0 saturated carbocycles. The molecule has 2 aromatic heterocycles. The molecule has 0 amide bonds. The minimum absolute atomic E-state index is 0.935. The predicted molar refractivity (Wildman–Crippen MR) is 48.7 cm³/mol. The first-order valence-electron chi connectivity index (χ1n) is 4.20. The predicted octanol–water partition coefficient (Wildman–Crippen LogP) is 2.28. The van der Waals surface area contributed by atoms with Gasteiger partial charge in [-0.25, -0.2) is 0 Å². The van der Waals surface area contributed by atoms with Gasteiger partial charge in [0, 0.05) is 12.1 Å². The average molecular weight is 164 g/mol. The zero-order valence-corrected chi connectivity index (χ0v) is 7.74. The highest BCUT2D eigenvalue weighted by molar-refractivity contribution is 5.67. The molecule has 0 aromatic carbocycles. The summed E-state index contributed by atoms with van der Waals surface area (Å²) in [6, 6.07) is 5.87. The smallest absolute Gasteiger partial charge is 0.251 e. The maximum atomic E-state index is 5.18. The van der Waals surface area contributed by atoms with Gasteiger partial charge in [0.2, 0.25) is 0 Å². The van der Waals surface area contributed by atoms with Crippen molar-refractivity contribution in [1.82, 2.24) is 0 Å². The molecule has 2 heterocycles. The van der Waals surface area contributed by atoms with Crippen LogP contribution in [-0.2, 0) is 7.05 Å². The van der Waals surface area contributed by atoms with Gasteiger partial charge in [-0.2, -0.15) is 4.57 Å². The number of nitrogens with zero attached hydrogens (tertiary/aromatic N) is 1. The van der Waals surface area contributed by atoms with E-state index in [1.54, 1.807) is 6.26 Å². The van der Waals surface area contributed by atoms with Gasteiger partial charge < -0.3 is 4.42 Å². The Kier molecular flexibility index (Phi) is 2.86. The van der Waals surface area contributed by atoms with Crippen molar-refractivity contribution in [3.8, 4) is 0 Å². The normalized spacial score (nSPS) is 9.25. The Morgan fingerprint density at radius 1 is 1.25 bits per heavy atom. The molecule has 0 atom stereocenters. The van der Waals surface area contributed by atoms with Gasteiger partial charge in [-0.05, 0) is 6.07 Å². The van der Waals surface area contributed by atoms with Crippen LogP contribution >= 0.6 is 0 Å². The quantitative estimate of drug-likeness (QED) is 0.546. The van der Waals surface area contributed by atoms with Crippen molar-refractivity contribution in [3.63, 3.8) is 0 Å². The number of furan rings is 1. The molecule has 0 spiro atoms. The van der Waals surface area contributed by atoms with Crippen molar-refractivity contribution in [1.29, 1.82) is 0 Å². The van der Waals surface area contributed by atoms with E-state index in [1.807, 2.05) is 49.9 Å². The number of hydrogen-bond acceptors (Lipinski definition) is 1. The summed E-state index contributed by atoms with van der Waals surface area (Å²) in [5.41, 5.74) is 2.06. The van der Waals surface area contributed by atoms with E-state index < -0.39 is 0 Å². The fourth-order valence-electron chi connectivity index (χ4n) is 1.07. The number of fused-ring (bicyclic) bond motifs is 1. The lowest BCUT2D eigenvalue weighted by molar-refractivity contribution is -0.644. The van der Waals surface area contributed by atoms with Crippen molar-refractivity contribution in [2.24, 2.45) is 7.05 Å². The SMILES string of the molecule is CC.C[n+]1cccc2occc21. The lowest BCUT2D eigenvalue weighted by Gasteiger charge is -1.85. The van der Waals surface area contributed by atoms with Crippen LogP contribution in [-0.4, -0.2) is 0 Å². The molecule has 0 fully saturated rings. The van der Waals surface area contributed by atoms with Crippen LogP contribution in [0.25, 0.3) is 11.1 Å².